The standard InChI is InChI=1S/C18H21NO4S/c1-13-9-10-14(2)15(11-13)12-17(18(20)21)19(3)24(22,23)16-7-5-4-6-8-16/h4-11,17H,12H2,1-3H3,(H,20,21)/t17-/m1/s1. The van der Waals surface area contributed by atoms with Gasteiger partial charge < -0.3 is 5.11 Å². The van der Waals surface area contributed by atoms with Gasteiger partial charge in [-0.2, -0.15) is 4.31 Å². The Morgan fingerprint density at radius 1 is 1.12 bits per heavy atom. The van der Waals surface area contributed by atoms with Crippen molar-refractivity contribution in [3.8, 4) is 0 Å². The molecule has 24 heavy (non-hydrogen) atoms. The summed E-state index contributed by atoms with van der Waals surface area (Å²) in [5.74, 6) is -1.17. The van der Waals surface area contributed by atoms with Crippen molar-refractivity contribution in [1.29, 1.82) is 0 Å². The molecule has 0 unspecified atom stereocenters. The van der Waals surface area contributed by atoms with Crippen molar-refractivity contribution in [3.05, 3.63) is 65.2 Å². The number of sulfonamides is 1. The van der Waals surface area contributed by atoms with Gasteiger partial charge in [-0.3, -0.25) is 4.79 Å². The molecule has 0 aromatic heterocycles. The molecule has 128 valence electrons. The maximum atomic E-state index is 12.7. The van der Waals surface area contributed by atoms with E-state index in [9.17, 15) is 18.3 Å². The highest BCUT2D eigenvalue weighted by Crippen LogP contribution is 2.20. The topological polar surface area (TPSA) is 74.7 Å². The minimum Gasteiger partial charge on any atom is -0.480 e. The first-order chi connectivity index (χ1) is 11.2. The van der Waals surface area contributed by atoms with Gasteiger partial charge in [0.15, 0.2) is 0 Å². The first-order valence-electron chi connectivity index (χ1n) is 7.55. The van der Waals surface area contributed by atoms with Crippen LogP contribution in [0.5, 0.6) is 0 Å². The molecule has 2 aromatic rings. The quantitative estimate of drug-likeness (QED) is 0.872. The van der Waals surface area contributed by atoms with Gasteiger partial charge in [-0.1, -0.05) is 42.0 Å². The second-order valence-corrected chi connectivity index (χ2v) is 7.82. The first-order valence-corrected chi connectivity index (χ1v) is 8.99. The van der Waals surface area contributed by atoms with Crippen LogP contribution in [0.1, 0.15) is 16.7 Å². The fourth-order valence-electron chi connectivity index (χ4n) is 2.53. The molecule has 0 radical (unpaired) electrons. The maximum Gasteiger partial charge on any atom is 0.322 e. The van der Waals surface area contributed by atoms with Gasteiger partial charge in [-0.25, -0.2) is 8.42 Å². The summed E-state index contributed by atoms with van der Waals surface area (Å²) in [5, 5.41) is 9.57. The van der Waals surface area contributed by atoms with Crippen molar-refractivity contribution in [2.45, 2.75) is 31.2 Å². The summed E-state index contributed by atoms with van der Waals surface area (Å²) in [4.78, 5) is 11.8. The van der Waals surface area contributed by atoms with E-state index in [4.69, 9.17) is 0 Å². The number of carboxylic acids is 1. The largest absolute Gasteiger partial charge is 0.480 e. The maximum absolute atomic E-state index is 12.7. The Kier molecular flexibility index (Phi) is 5.41. The van der Waals surface area contributed by atoms with Crippen LogP contribution in [0.2, 0.25) is 0 Å². The zero-order valence-corrected chi connectivity index (χ0v) is 14.7. The minimum atomic E-state index is -3.87. The molecule has 0 aliphatic rings. The molecule has 0 aliphatic carbocycles. The Bertz CT molecular complexity index is 831. The number of rotatable bonds is 6. The van der Waals surface area contributed by atoms with Gasteiger partial charge in [-0.15, -0.1) is 0 Å². The van der Waals surface area contributed by atoms with Crippen molar-refractivity contribution in [2.75, 3.05) is 7.05 Å². The predicted molar refractivity (Wildman–Crippen MR) is 92.4 cm³/mol. The highest BCUT2D eigenvalue weighted by atomic mass is 32.2. The number of aryl methyl sites for hydroxylation is 2. The smallest absolute Gasteiger partial charge is 0.322 e. The Hall–Kier alpha value is -2.18. The van der Waals surface area contributed by atoms with E-state index in [0.717, 1.165) is 21.0 Å². The molecule has 0 saturated heterocycles. The van der Waals surface area contributed by atoms with Crippen molar-refractivity contribution >= 4 is 16.0 Å². The van der Waals surface area contributed by atoms with Gasteiger partial charge in [0.1, 0.15) is 6.04 Å². The van der Waals surface area contributed by atoms with Crippen LogP contribution < -0.4 is 0 Å². The van der Waals surface area contributed by atoms with E-state index in [-0.39, 0.29) is 11.3 Å². The number of hydrogen-bond donors (Lipinski definition) is 1. The van der Waals surface area contributed by atoms with Crippen LogP contribution in [0.4, 0.5) is 0 Å². The molecule has 0 bridgehead atoms. The van der Waals surface area contributed by atoms with Crippen LogP contribution in [0.25, 0.3) is 0 Å². The Morgan fingerprint density at radius 2 is 1.75 bits per heavy atom. The van der Waals surface area contributed by atoms with Crippen LogP contribution in [0, 0.1) is 13.8 Å². The van der Waals surface area contributed by atoms with Gasteiger partial charge >= 0.3 is 5.97 Å². The van der Waals surface area contributed by atoms with Crippen LogP contribution in [-0.2, 0) is 21.2 Å². The number of benzene rings is 2. The summed E-state index contributed by atoms with van der Waals surface area (Å²) < 4.78 is 26.3. The Labute approximate surface area is 142 Å². The average Bonchev–Trinajstić information content (AvgIpc) is 2.55. The fourth-order valence-corrected chi connectivity index (χ4v) is 3.86. The van der Waals surface area contributed by atoms with Crippen molar-refractivity contribution in [1.82, 2.24) is 4.31 Å². The normalized spacial score (nSPS) is 13.0. The predicted octanol–water partition coefficient (Wildman–Crippen LogP) is 2.62. The van der Waals surface area contributed by atoms with E-state index >= 15 is 0 Å². The lowest BCUT2D eigenvalue weighted by molar-refractivity contribution is -0.141. The molecular weight excluding hydrogens is 326 g/mol. The number of aliphatic carboxylic acids is 1. The van der Waals surface area contributed by atoms with E-state index in [1.165, 1.54) is 19.2 Å². The summed E-state index contributed by atoms with van der Waals surface area (Å²) in [5.41, 5.74) is 2.78. The van der Waals surface area contributed by atoms with E-state index in [1.807, 2.05) is 32.0 Å². The van der Waals surface area contributed by atoms with E-state index in [2.05, 4.69) is 0 Å². The van der Waals surface area contributed by atoms with Crippen LogP contribution >= 0.6 is 0 Å². The summed E-state index contributed by atoms with van der Waals surface area (Å²) in [6, 6.07) is 12.4. The van der Waals surface area contributed by atoms with Gasteiger partial charge in [0.25, 0.3) is 0 Å². The third-order valence-electron chi connectivity index (χ3n) is 4.06. The summed E-state index contributed by atoms with van der Waals surface area (Å²) in [7, 11) is -2.56. The number of carboxylic acid groups (broad SMARTS) is 1. The SMILES string of the molecule is Cc1ccc(C)c(C[C@H](C(=O)O)N(C)S(=O)(=O)c2ccccc2)c1. The third-order valence-corrected chi connectivity index (χ3v) is 5.94. The fraction of sp³-hybridized carbons (Fsp3) is 0.278. The summed E-state index contributed by atoms with van der Waals surface area (Å²) >= 11 is 0. The number of carbonyl (C=O) groups is 1. The van der Waals surface area contributed by atoms with Crippen LogP contribution in [0.15, 0.2) is 53.4 Å². The van der Waals surface area contributed by atoms with Crippen molar-refractivity contribution < 1.29 is 18.3 Å². The monoisotopic (exact) mass is 347 g/mol. The van der Waals surface area contributed by atoms with Gasteiger partial charge in [0.2, 0.25) is 10.0 Å². The molecule has 0 spiro atoms. The molecule has 2 rings (SSSR count). The van der Waals surface area contributed by atoms with Gasteiger partial charge in [-0.05, 0) is 43.5 Å². The molecule has 0 fully saturated rings. The molecule has 1 N–H and O–H groups in total. The summed E-state index contributed by atoms with van der Waals surface area (Å²) in [6.07, 6.45) is 0.116. The molecule has 2 aromatic carbocycles. The Morgan fingerprint density at radius 3 is 2.33 bits per heavy atom. The lowest BCUT2D eigenvalue weighted by Crippen LogP contribution is -2.43. The zero-order chi connectivity index (χ0) is 17.9. The van der Waals surface area contributed by atoms with E-state index in [0.29, 0.717) is 0 Å². The average molecular weight is 347 g/mol. The number of likely N-dealkylation sites (N-methyl/N-ethyl adjacent to an activating group) is 1. The molecule has 5 nitrogen and oxygen atoms in total. The minimum absolute atomic E-state index is 0.0831. The highest BCUT2D eigenvalue weighted by molar-refractivity contribution is 7.89. The molecule has 0 amide bonds. The third kappa shape index (κ3) is 3.83. The molecule has 0 heterocycles. The highest BCUT2D eigenvalue weighted by Gasteiger charge is 2.33. The van der Waals surface area contributed by atoms with Crippen molar-refractivity contribution in [2.24, 2.45) is 0 Å². The van der Waals surface area contributed by atoms with Crippen molar-refractivity contribution in [3.63, 3.8) is 0 Å². The van der Waals surface area contributed by atoms with Gasteiger partial charge in [0.05, 0.1) is 4.90 Å². The van der Waals surface area contributed by atoms with E-state index < -0.39 is 22.0 Å². The van der Waals surface area contributed by atoms with Crippen LogP contribution in [0.3, 0.4) is 0 Å². The number of nitrogens with zero attached hydrogens (tertiary/aromatic N) is 1. The molecule has 0 saturated carbocycles. The summed E-state index contributed by atoms with van der Waals surface area (Å²) in [6.45, 7) is 3.81. The molecule has 6 heteroatoms. The first kappa shape index (κ1) is 18.2. The second kappa shape index (κ2) is 7.15. The van der Waals surface area contributed by atoms with E-state index in [1.54, 1.807) is 18.2 Å². The number of hydrogen-bond acceptors (Lipinski definition) is 3. The Balaban J connectivity index is 2.37. The lowest BCUT2D eigenvalue weighted by atomic mass is 9.99. The molecule has 0 aliphatic heterocycles. The molecular formula is C18H21NO4S. The molecule has 1 atom stereocenters. The lowest BCUT2D eigenvalue weighted by Gasteiger charge is -2.25. The van der Waals surface area contributed by atoms with Gasteiger partial charge in [0, 0.05) is 7.05 Å². The second-order valence-electron chi connectivity index (χ2n) is 5.82. The van der Waals surface area contributed by atoms with Crippen LogP contribution in [-0.4, -0.2) is 36.9 Å². The zero-order valence-electron chi connectivity index (χ0n) is 13.9.